The molecule has 2 heterocycles. The van der Waals surface area contributed by atoms with Gasteiger partial charge in [0, 0.05) is 38.5 Å². The SMILES string of the molecule is COCOc1cc(-c2cc(=O)c3c(O)cc(C4(C(F)(F)F)N=N4)cc3o2)cc(OCOC)c1OCOC. The minimum absolute atomic E-state index is 0.0670. The summed E-state index contributed by atoms with van der Waals surface area (Å²) in [6.45, 7) is -0.514. The summed E-state index contributed by atoms with van der Waals surface area (Å²) in [5, 5.41) is 16.3. The maximum absolute atomic E-state index is 13.5. The van der Waals surface area contributed by atoms with Gasteiger partial charge in [0.1, 0.15) is 22.5 Å². The first kappa shape index (κ1) is 26.2. The Morgan fingerprint density at radius 2 is 1.46 bits per heavy atom. The largest absolute Gasteiger partial charge is 0.507 e. The van der Waals surface area contributed by atoms with Gasteiger partial charge in [-0.2, -0.15) is 13.2 Å². The molecular formula is C23H21F3N2O9. The molecule has 2 aromatic carbocycles. The highest BCUT2D eigenvalue weighted by atomic mass is 19.4. The van der Waals surface area contributed by atoms with E-state index in [2.05, 4.69) is 10.2 Å². The Hall–Kier alpha value is -3.88. The van der Waals surface area contributed by atoms with Crippen LogP contribution in [0.2, 0.25) is 0 Å². The van der Waals surface area contributed by atoms with Crippen LogP contribution in [0, 0.1) is 0 Å². The van der Waals surface area contributed by atoms with Crippen molar-refractivity contribution < 1.29 is 51.1 Å². The lowest BCUT2D eigenvalue weighted by Gasteiger charge is -2.18. The number of benzene rings is 2. The Labute approximate surface area is 206 Å². The van der Waals surface area contributed by atoms with Crippen LogP contribution in [0.3, 0.4) is 0 Å². The summed E-state index contributed by atoms with van der Waals surface area (Å²) in [4.78, 5) is 12.9. The summed E-state index contributed by atoms with van der Waals surface area (Å²) < 4.78 is 77.9. The number of nitrogens with zero attached hydrogens (tertiary/aromatic N) is 2. The highest BCUT2D eigenvalue weighted by Gasteiger charge is 2.65. The van der Waals surface area contributed by atoms with Crippen molar-refractivity contribution in [3.05, 3.63) is 46.1 Å². The standard InChI is InChI=1S/C23H21F3N2O9/c1-31-9-34-18-4-12(5-19(35-10-32-2)21(18)36-11-33-3)16-8-15(30)20-14(29)6-13(7-17(20)37-16)22(27-28-22)23(24,25)26/h4-8,29H,9-11H2,1-3H3. The molecular weight excluding hydrogens is 505 g/mol. The van der Waals surface area contributed by atoms with Gasteiger partial charge >= 0.3 is 11.8 Å². The lowest BCUT2D eigenvalue weighted by molar-refractivity contribution is -0.166. The second kappa shape index (κ2) is 10.2. The van der Waals surface area contributed by atoms with Gasteiger partial charge in [-0.1, -0.05) is 0 Å². The number of alkyl halides is 3. The summed E-state index contributed by atoms with van der Waals surface area (Å²) in [6, 6.07) is 5.72. The number of aromatic hydroxyl groups is 1. The molecule has 0 radical (unpaired) electrons. The minimum Gasteiger partial charge on any atom is -0.507 e. The van der Waals surface area contributed by atoms with E-state index in [1.54, 1.807) is 0 Å². The lowest BCUT2D eigenvalue weighted by atomic mass is 10.00. The highest BCUT2D eigenvalue weighted by molar-refractivity contribution is 5.86. The summed E-state index contributed by atoms with van der Waals surface area (Å²) in [7, 11) is 4.22. The Morgan fingerprint density at radius 3 is 1.97 bits per heavy atom. The predicted molar refractivity (Wildman–Crippen MR) is 120 cm³/mol. The van der Waals surface area contributed by atoms with Crippen LogP contribution in [-0.2, 0) is 19.9 Å². The number of phenolic OH excluding ortho intramolecular Hbond substituents is 1. The second-order valence-corrected chi connectivity index (χ2v) is 7.67. The molecule has 3 aromatic rings. The third-order valence-electron chi connectivity index (χ3n) is 5.20. The molecule has 0 atom stereocenters. The molecule has 0 unspecified atom stereocenters. The smallest absolute Gasteiger partial charge is 0.442 e. The van der Waals surface area contributed by atoms with Gasteiger partial charge < -0.3 is 37.9 Å². The number of rotatable bonds is 11. The molecule has 14 heteroatoms. The fraction of sp³-hybridized carbons (Fsp3) is 0.348. The van der Waals surface area contributed by atoms with Crippen molar-refractivity contribution in [1.82, 2.24) is 0 Å². The number of fused-ring (bicyclic) bond motifs is 1. The fourth-order valence-corrected chi connectivity index (χ4v) is 3.49. The topological polar surface area (TPSA) is 131 Å². The second-order valence-electron chi connectivity index (χ2n) is 7.67. The average Bonchev–Trinajstić information content (AvgIpc) is 3.67. The zero-order chi connectivity index (χ0) is 26.8. The fourth-order valence-electron chi connectivity index (χ4n) is 3.49. The van der Waals surface area contributed by atoms with Gasteiger partial charge in [-0.25, -0.2) is 0 Å². The third kappa shape index (κ3) is 5.03. The molecule has 1 aliphatic heterocycles. The van der Waals surface area contributed by atoms with Crippen LogP contribution >= 0.6 is 0 Å². The van der Waals surface area contributed by atoms with E-state index in [9.17, 15) is 23.1 Å². The molecule has 0 spiro atoms. The van der Waals surface area contributed by atoms with Crippen molar-refractivity contribution >= 4 is 11.0 Å². The van der Waals surface area contributed by atoms with Crippen LogP contribution in [0.4, 0.5) is 13.2 Å². The number of methoxy groups -OCH3 is 3. The first-order valence-corrected chi connectivity index (χ1v) is 10.5. The van der Waals surface area contributed by atoms with Gasteiger partial charge in [-0.05, 0) is 24.3 Å². The number of phenols is 1. The van der Waals surface area contributed by atoms with Crippen molar-refractivity contribution in [3.8, 4) is 34.3 Å². The third-order valence-corrected chi connectivity index (χ3v) is 5.20. The lowest BCUT2D eigenvalue weighted by Crippen LogP contribution is -2.30. The Balaban J connectivity index is 1.87. The molecule has 0 bridgehead atoms. The summed E-state index contributed by atoms with van der Waals surface area (Å²) in [6.07, 6.45) is -4.84. The average molecular weight is 526 g/mol. The number of hydrogen-bond donors (Lipinski definition) is 1. The van der Waals surface area contributed by atoms with Crippen LogP contribution in [0.1, 0.15) is 5.56 Å². The first-order valence-electron chi connectivity index (χ1n) is 10.5. The molecule has 0 saturated carbocycles. The van der Waals surface area contributed by atoms with E-state index >= 15 is 0 Å². The molecule has 0 fully saturated rings. The van der Waals surface area contributed by atoms with Gasteiger partial charge in [0.2, 0.25) is 5.75 Å². The molecule has 1 N–H and O–H groups in total. The maximum atomic E-state index is 13.5. The van der Waals surface area contributed by atoms with Crippen LogP contribution in [-0.4, -0.2) is 53.0 Å². The summed E-state index contributed by atoms with van der Waals surface area (Å²) in [5.41, 5.74) is -4.10. The van der Waals surface area contributed by atoms with Crippen LogP contribution in [0.15, 0.2) is 49.8 Å². The van der Waals surface area contributed by atoms with Gasteiger partial charge in [0.15, 0.2) is 37.3 Å². The van der Waals surface area contributed by atoms with Crippen molar-refractivity contribution in [2.24, 2.45) is 10.2 Å². The van der Waals surface area contributed by atoms with Gasteiger partial charge in [-0.15, -0.1) is 10.2 Å². The number of hydrogen-bond acceptors (Lipinski definition) is 11. The van der Waals surface area contributed by atoms with Crippen LogP contribution in [0.25, 0.3) is 22.3 Å². The normalized spacial score (nSPS) is 14.1. The van der Waals surface area contributed by atoms with E-state index in [0.29, 0.717) is 0 Å². The van der Waals surface area contributed by atoms with E-state index in [-0.39, 0.29) is 59.9 Å². The summed E-state index contributed by atoms with van der Waals surface area (Å²) in [5.74, 6) is -0.401. The van der Waals surface area contributed by atoms with E-state index in [4.69, 9.17) is 32.8 Å². The molecule has 1 aromatic heterocycles. The molecule has 11 nitrogen and oxygen atoms in total. The number of halogens is 3. The van der Waals surface area contributed by atoms with Gasteiger partial charge in [0.05, 0.1) is 0 Å². The molecule has 198 valence electrons. The minimum atomic E-state index is -4.84. The molecule has 0 aliphatic carbocycles. The van der Waals surface area contributed by atoms with Crippen molar-refractivity contribution in [3.63, 3.8) is 0 Å². The first-order chi connectivity index (χ1) is 17.6. The van der Waals surface area contributed by atoms with E-state index in [1.807, 2.05) is 0 Å². The molecule has 0 amide bonds. The predicted octanol–water partition coefficient (Wildman–Crippen LogP) is 4.29. The number of ether oxygens (including phenoxy) is 6. The van der Waals surface area contributed by atoms with E-state index < -0.39 is 28.6 Å². The van der Waals surface area contributed by atoms with Gasteiger partial charge in [0.25, 0.3) is 0 Å². The van der Waals surface area contributed by atoms with E-state index in [0.717, 1.165) is 18.2 Å². The molecule has 37 heavy (non-hydrogen) atoms. The summed E-state index contributed by atoms with van der Waals surface area (Å²) >= 11 is 0. The maximum Gasteiger partial charge on any atom is 0.442 e. The Kier molecular flexibility index (Phi) is 7.25. The van der Waals surface area contributed by atoms with Crippen LogP contribution in [0.5, 0.6) is 23.0 Å². The van der Waals surface area contributed by atoms with E-state index in [1.165, 1.54) is 33.5 Å². The van der Waals surface area contributed by atoms with Crippen molar-refractivity contribution in [2.45, 2.75) is 11.8 Å². The zero-order valence-electron chi connectivity index (χ0n) is 19.7. The van der Waals surface area contributed by atoms with Crippen molar-refractivity contribution in [2.75, 3.05) is 41.7 Å². The Bertz CT molecular complexity index is 1350. The quantitative estimate of drug-likeness (QED) is 0.364. The Morgan fingerprint density at radius 1 is 0.892 bits per heavy atom. The monoisotopic (exact) mass is 526 g/mol. The zero-order valence-corrected chi connectivity index (χ0v) is 19.7. The molecule has 0 saturated heterocycles. The highest BCUT2D eigenvalue weighted by Crippen LogP contribution is 2.53. The van der Waals surface area contributed by atoms with Crippen LogP contribution < -0.4 is 19.6 Å². The molecule has 1 aliphatic rings. The molecule has 4 rings (SSSR count). The van der Waals surface area contributed by atoms with Crippen molar-refractivity contribution in [1.29, 1.82) is 0 Å². The van der Waals surface area contributed by atoms with Gasteiger partial charge in [-0.3, -0.25) is 4.79 Å².